The molecule has 6 heteroatoms. The minimum atomic E-state index is -0.996. The number of esters is 1. The van der Waals surface area contributed by atoms with Gasteiger partial charge >= 0.3 is 5.97 Å². The second-order valence-electron chi connectivity index (χ2n) is 4.74. The Labute approximate surface area is 115 Å². The Morgan fingerprint density at radius 2 is 2.15 bits per heavy atom. The third kappa shape index (κ3) is 2.95. The standard InChI is InChI=1S/C14H15F2NO3/c1-20-14(19)10-5-6-17(8-10)12(18)7-9-3-2-4-11(15)13(9)16/h2-4,10H,5-8H2,1H3. The van der Waals surface area contributed by atoms with Crippen LogP contribution in [0, 0.1) is 17.6 Å². The minimum Gasteiger partial charge on any atom is -0.469 e. The maximum Gasteiger partial charge on any atom is 0.310 e. The van der Waals surface area contributed by atoms with E-state index in [4.69, 9.17) is 0 Å². The average Bonchev–Trinajstić information content (AvgIpc) is 2.93. The van der Waals surface area contributed by atoms with Crippen molar-refractivity contribution in [2.75, 3.05) is 20.2 Å². The number of methoxy groups -OCH3 is 1. The zero-order valence-electron chi connectivity index (χ0n) is 11.1. The normalized spacial score (nSPS) is 18.1. The van der Waals surface area contributed by atoms with Gasteiger partial charge in [0.2, 0.25) is 5.91 Å². The second kappa shape index (κ2) is 5.98. The van der Waals surface area contributed by atoms with Gasteiger partial charge in [-0.3, -0.25) is 9.59 Å². The fraction of sp³-hybridized carbons (Fsp3) is 0.429. The molecule has 2 rings (SSSR count). The summed E-state index contributed by atoms with van der Waals surface area (Å²) < 4.78 is 31.2. The van der Waals surface area contributed by atoms with Crippen LogP contribution in [0.4, 0.5) is 8.78 Å². The SMILES string of the molecule is COC(=O)C1CCN(C(=O)Cc2cccc(F)c2F)C1. The van der Waals surface area contributed by atoms with Crippen LogP contribution in [0.2, 0.25) is 0 Å². The van der Waals surface area contributed by atoms with Gasteiger partial charge in [-0.25, -0.2) is 8.78 Å². The molecule has 1 aliphatic heterocycles. The van der Waals surface area contributed by atoms with Gasteiger partial charge in [0, 0.05) is 18.7 Å². The van der Waals surface area contributed by atoms with Crippen LogP contribution in [-0.2, 0) is 20.7 Å². The largest absolute Gasteiger partial charge is 0.469 e. The number of likely N-dealkylation sites (tertiary alicyclic amines) is 1. The van der Waals surface area contributed by atoms with Gasteiger partial charge in [0.05, 0.1) is 19.4 Å². The number of amides is 1. The van der Waals surface area contributed by atoms with Gasteiger partial charge in [0.25, 0.3) is 0 Å². The smallest absolute Gasteiger partial charge is 0.310 e. The summed E-state index contributed by atoms with van der Waals surface area (Å²) in [4.78, 5) is 24.9. The summed E-state index contributed by atoms with van der Waals surface area (Å²) in [5.41, 5.74) is 0.0246. The number of ether oxygens (including phenoxy) is 1. The van der Waals surface area contributed by atoms with Crippen LogP contribution in [0.15, 0.2) is 18.2 Å². The van der Waals surface area contributed by atoms with Crippen molar-refractivity contribution in [3.63, 3.8) is 0 Å². The van der Waals surface area contributed by atoms with Crippen molar-refractivity contribution in [3.05, 3.63) is 35.4 Å². The molecule has 1 atom stereocenters. The zero-order chi connectivity index (χ0) is 14.7. The van der Waals surface area contributed by atoms with Crippen LogP contribution in [0.5, 0.6) is 0 Å². The lowest BCUT2D eigenvalue weighted by atomic mass is 10.1. The highest BCUT2D eigenvalue weighted by Gasteiger charge is 2.31. The number of benzene rings is 1. The van der Waals surface area contributed by atoms with Crippen molar-refractivity contribution in [1.29, 1.82) is 0 Å². The first-order valence-electron chi connectivity index (χ1n) is 6.31. The summed E-state index contributed by atoms with van der Waals surface area (Å²) in [5.74, 6) is -2.96. The lowest BCUT2D eigenvalue weighted by molar-refractivity contribution is -0.145. The summed E-state index contributed by atoms with van der Waals surface area (Å²) in [7, 11) is 1.30. The molecule has 0 aliphatic carbocycles. The Bertz CT molecular complexity index is 533. The van der Waals surface area contributed by atoms with Crippen LogP contribution >= 0.6 is 0 Å². The highest BCUT2D eigenvalue weighted by molar-refractivity contribution is 5.81. The van der Waals surface area contributed by atoms with E-state index in [1.54, 1.807) is 0 Å². The van der Waals surface area contributed by atoms with Crippen molar-refractivity contribution < 1.29 is 23.1 Å². The number of hydrogen-bond donors (Lipinski definition) is 0. The molecule has 1 aromatic carbocycles. The molecule has 4 nitrogen and oxygen atoms in total. The molecule has 1 saturated heterocycles. The molecular weight excluding hydrogens is 268 g/mol. The quantitative estimate of drug-likeness (QED) is 0.790. The van der Waals surface area contributed by atoms with E-state index in [0.717, 1.165) is 6.07 Å². The van der Waals surface area contributed by atoms with E-state index in [9.17, 15) is 18.4 Å². The Balaban J connectivity index is 2.00. The second-order valence-corrected chi connectivity index (χ2v) is 4.74. The molecule has 1 aliphatic rings. The third-order valence-corrected chi connectivity index (χ3v) is 3.45. The van der Waals surface area contributed by atoms with Gasteiger partial charge in [0.15, 0.2) is 11.6 Å². The molecule has 1 heterocycles. The summed E-state index contributed by atoms with van der Waals surface area (Å²) >= 11 is 0. The van der Waals surface area contributed by atoms with Gasteiger partial charge in [-0.15, -0.1) is 0 Å². The molecule has 0 radical (unpaired) electrons. The predicted molar refractivity (Wildman–Crippen MR) is 66.8 cm³/mol. The maximum atomic E-state index is 13.5. The van der Waals surface area contributed by atoms with Gasteiger partial charge < -0.3 is 9.64 Å². The Morgan fingerprint density at radius 3 is 2.85 bits per heavy atom. The number of carbonyl (C=O) groups excluding carboxylic acids is 2. The minimum absolute atomic E-state index is 0.0246. The average molecular weight is 283 g/mol. The molecular formula is C14H15F2NO3. The third-order valence-electron chi connectivity index (χ3n) is 3.45. The molecule has 0 spiro atoms. The van der Waals surface area contributed by atoms with E-state index in [1.807, 2.05) is 0 Å². The Hall–Kier alpha value is -1.98. The number of halogens is 2. The number of hydrogen-bond acceptors (Lipinski definition) is 3. The Morgan fingerprint density at radius 1 is 1.40 bits per heavy atom. The lowest BCUT2D eigenvalue weighted by Crippen LogP contribution is -2.31. The van der Waals surface area contributed by atoms with Crippen LogP contribution in [0.25, 0.3) is 0 Å². The van der Waals surface area contributed by atoms with Gasteiger partial charge in [0.1, 0.15) is 0 Å². The number of carbonyl (C=O) groups is 2. The van der Waals surface area contributed by atoms with Gasteiger partial charge in [-0.05, 0) is 12.5 Å². The predicted octanol–water partition coefficient (Wildman–Crippen LogP) is 1.53. The summed E-state index contributed by atoms with van der Waals surface area (Å²) in [5, 5.41) is 0. The molecule has 0 N–H and O–H groups in total. The highest BCUT2D eigenvalue weighted by Crippen LogP contribution is 2.19. The first-order valence-corrected chi connectivity index (χ1v) is 6.31. The van der Waals surface area contributed by atoms with Crippen molar-refractivity contribution in [1.82, 2.24) is 4.90 Å². The van der Waals surface area contributed by atoms with E-state index in [-0.39, 0.29) is 36.3 Å². The molecule has 1 fully saturated rings. The Kier molecular flexibility index (Phi) is 4.32. The fourth-order valence-corrected chi connectivity index (χ4v) is 2.31. The monoisotopic (exact) mass is 283 g/mol. The molecule has 108 valence electrons. The van der Waals surface area contributed by atoms with E-state index < -0.39 is 11.6 Å². The molecule has 20 heavy (non-hydrogen) atoms. The maximum absolute atomic E-state index is 13.5. The van der Waals surface area contributed by atoms with Crippen molar-refractivity contribution >= 4 is 11.9 Å². The summed E-state index contributed by atoms with van der Waals surface area (Å²) in [6.45, 7) is 0.692. The molecule has 0 saturated carbocycles. The van der Waals surface area contributed by atoms with Crippen LogP contribution < -0.4 is 0 Å². The van der Waals surface area contributed by atoms with E-state index in [1.165, 1.54) is 24.1 Å². The lowest BCUT2D eigenvalue weighted by Gasteiger charge is -2.16. The number of rotatable bonds is 3. The first-order chi connectivity index (χ1) is 9.52. The van der Waals surface area contributed by atoms with Crippen molar-refractivity contribution in [2.45, 2.75) is 12.8 Å². The first kappa shape index (κ1) is 14.4. The van der Waals surface area contributed by atoms with Crippen LogP contribution in [-0.4, -0.2) is 37.0 Å². The summed E-state index contributed by atoms with van der Waals surface area (Å²) in [6.07, 6.45) is 0.321. The van der Waals surface area contributed by atoms with E-state index in [0.29, 0.717) is 13.0 Å². The number of nitrogens with zero attached hydrogens (tertiary/aromatic N) is 1. The topological polar surface area (TPSA) is 46.6 Å². The van der Waals surface area contributed by atoms with Crippen LogP contribution in [0.3, 0.4) is 0 Å². The molecule has 1 unspecified atom stereocenters. The summed E-state index contributed by atoms with van der Waals surface area (Å²) in [6, 6.07) is 3.75. The van der Waals surface area contributed by atoms with E-state index >= 15 is 0 Å². The van der Waals surface area contributed by atoms with E-state index in [2.05, 4.69) is 4.74 Å². The zero-order valence-corrected chi connectivity index (χ0v) is 11.1. The molecule has 1 aromatic rings. The molecule has 0 aromatic heterocycles. The molecule has 1 amide bonds. The van der Waals surface area contributed by atoms with Gasteiger partial charge in [-0.1, -0.05) is 12.1 Å². The highest BCUT2D eigenvalue weighted by atomic mass is 19.2. The van der Waals surface area contributed by atoms with Crippen LogP contribution in [0.1, 0.15) is 12.0 Å². The fourth-order valence-electron chi connectivity index (χ4n) is 2.31. The molecule has 0 bridgehead atoms. The van der Waals surface area contributed by atoms with Crippen molar-refractivity contribution in [3.8, 4) is 0 Å². The van der Waals surface area contributed by atoms with Gasteiger partial charge in [-0.2, -0.15) is 0 Å². The van der Waals surface area contributed by atoms with Crippen molar-refractivity contribution in [2.24, 2.45) is 5.92 Å².